The standard InChI is InChI=1S/C17H23ClN2O3/c1-2-12(7-9-21)11-19-17(23)14-10-13(5-6-15(14)18)20-8-3-4-16(20)22/h5-6,10,12,21H,2-4,7-9,11H2,1H3,(H,19,23). The van der Waals surface area contributed by atoms with Crippen LogP contribution in [0.4, 0.5) is 5.69 Å². The Morgan fingerprint density at radius 2 is 2.26 bits per heavy atom. The van der Waals surface area contributed by atoms with Gasteiger partial charge in [-0.15, -0.1) is 0 Å². The van der Waals surface area contributed by atoms with Gasteiger partial charge < -0.3 is 15.3 Å². The van der Waals surface area contributed by atoms with Gasteiger partial charge >= 0.3 is 0 Å². The third kappa shape index (κ3) is 4.45. The van der Waals surface area contributed by atoms with Crippen LogP contribution in [0.25, 0.3) is 0 Å². The lowest BCUT2D eigenvalue weighted by Crippen LogP contribution is -2.30. The lowest BCUT2D eigenvalue weighted by molar-refractivity contribution is -0.117. The van der Waals surface area contributed by atoms with E-state index in [2.05, 4.69) is 5.32 Å². The van der Waals surface area contributed by atoms with Gasteiger partial charge in [0.2, 0.25) is 5.91 Å². The molecule has 1 saturated heterocycles. The summed E-state index contributed by atoms with van der Waals surface area (Å²) in [4.78, 5) is 25.9. The zero-order chi connectivity index (χ0) is 16.8. The summed E-state index contributed by atoms with van der Waals surface area (Å²) in [6.07, 6.45) is 2.93. The van der Waals surface area contributed by atoms with Gasteiger partial charge in [0.1, 0.15) is 0 Å². The maximum atomic E-state index is 12.4. The number of aliphatic hydroxyl groups is 1. The minimum Gasteiger partial charge on any atom is -0.396 e. The third-order valence-corrected chi connectivity index (χ3v) is 4.58. The van der Waals surface area contributed by atoms with E-state index in [0.717, 1.165) is 12.8 Å². The summed E-state index contributed by atoms with van der Waals surface area (Å²) in [6.45, 7) is 3.32. The predicted molar refractivity (Wildman–Crippen MR) is 90.9 cm³/mol. The molecule has 1 atom stereocenters. The van der Waals surface area contributed by atoms with Crippen molar-refractivity contribution in [2.75, 3.05) is 24.6 Å². The number of halogens is 1. The molecule has 5 nitrogen and oxygen atoms in total. The van der Waals surface area contributed by atoms with Crippen LogP contribution in [0.2, 0.25) is 5.02 Å². The number of carbonyl (C=O) groups is 2. The van der Waals surface area contributed by atoms with E-state index in [-0.39, 0.29) is 24.3 Å². The Labute approximate surface area is 141 Å². The molecule has 2 N–H and O–H groups in total. The van der Waals surface area contributed by atoms with Crippen LogP contribution in [0.1, 0.15) is 43.0 Å². The largest absolute Gasteiger partial charge is 0.396 e. The van der Waals surface area contributed by atoms with Crippen molar-refractivity contribution in [3.8, 4) is 0 Å². The molecule has 126 valence electrons. The summed E-state index contributed by atoms with van der Waals surface area (Å²) in [5.74, 6) is 0.0682. The number of hydrogen-bond donors (Lipinski definition) is 2. The van der Waals surface area contributed by atoms with E-state index in [1.54, 1.807) is 23.1 Å². The average Bonchev–Trinajstić information content (AvgIpc) is 2.97. The number of hydrogen-bond acceptors (Lipinski definition) is 3. The molecule has 0 spiro atoms. The maximum absolute atomic E-state index is 12.4. The van der Waals surface area contributed by atoms with Gasteiger partial charge in [0.15, 0.2) is 0 Å². The number of nitrogens with one attached hydrogen (secondary N) is 1. The highest BCUT2D eigenvalue weighted by atomic mass is 35.5. The van der Waals surface area contributed by atoms with Crippen molar-refractivity contribution >= 4 is 29.1 Å². The first-order valence-corrected chi connectivity index (χ1v) is 8.43. The summed E-state index contributed by atoms with van der Waals surface area (Å²) in [5, 5.41) is 12.2. The molecule has 2 amide bonds. The number of aliphatic hydroxyl groups excluding tert-OH is 1. The zero-order valence-electron chi connectivity index (χ0n) is 13.3. The number of rotatable bonds is 7. The number of nitrogens with zero attached hydrogens (tertiary/aromatic N) is 1. The predicted octanol–water partition coefficient (Wildman–Crippen LogP) is 2.61. The Bertz CT molecular complexity index is 577. The number of amides is 2. The van der Waals surface area contributed by atoms with Gasteiger partial charge in [-0.1, -0.05) is 24.9 Å². The molecule has 1 aliphatic rings. The van der Waals surface area contributed by atoms with Crippen LogP contribution in [0, 0.1) is 5.92 Å². The molecule has 0 aromatic heterocycles. The van der Waals surface area contributed by atoms with Crippen LogP contribution in [0.15, 0.2) is 18.2 Å². The van der Waals surface area contributed by atoms with Crippen LogP contribution >= 0.6 is 11.6 Å². The fourth-order valence-corrected chi connectivity index (χ4v) is 2.95. The summed E-state index contributed by atoms with van der Waals surface area (Å²) < 4.78 is 0. The molecule has 1 aromatic rings. The van der Waals surface area contributed by atoms with E-state index in [0.29, 0.717) is 42.2 Å². The van der Waals surface area contributed by atoms with Crippen LogP contribution in [-0.2, 0) is 4.79 Å². The van der Waals surface area contributed by atoms with E-state index in [1.165, 1.54) is 0 Å². The molecule has 1 aromatic carbocycles. The Kier molecular flexibility index (Phi) is 6.42. The summed E-state index contributed by atoms with van der Waals surface area (Å²) in [6, 6.07) is 5.10. The van der Waals surface area contributed by atoms with Crippen molar-refractivity contribution in [2.45, 2.75) is 32.6 Å². The quantitative estimate of drug-likeness (QED) is 0.803. The normalized spacial score (nSPS) is 15.8. The van der Waals surface area contributed by atoms with Gasteiger partial charge in [-0.05, 0) is 37.0 Å². The van der Waals surface area contributed by atoms with E-state index < -0.39 is 0 Å². The number of anilines is 1. The van der Waals surface area contributed by atoms with Crippen LogP contribution in [0.5, 0.6) is 0 Å². The zero-order valence-corrected chi connectivity index (χ0v) is 14.1. The van der Waals surface area contributed by atoms with Gasteiger partial charge in [0, 0.05) is 31.8 Å². The monoisotopic (exact) mass is 338 g/mol. The van der Waals surface area contributed by atoms with Crippen molar-refractivity contribution < 1.29 is 14.7 Å². The van der Waals surface area contributed by atoms with Gasteiger partial charge in [-0.2, -0.15) is 0 Å². The van der Waals surface area contributed by atoms with Crippen LogP contribution in [0.3, 0.4) is 0 Å². The van der Waals surface area contributed by atoms with Crippen LogP contribution in [-0.4, -0.2) is 36.6 Å². The lowest BCUT2D eigenvalue weighted by atomic mass is 10.0. The van der Waals surface area contributed by atoms with Crippen molar-refractivity contribution in [1.82, 2.24) is 5.32 Å². The maximum Gasteiger partial charge on any atom is 0.252 e. The van der Waals surface area contributed by atoms with Crippen molar-refractivity contribution in [1.29, 1.82) is 0 Å². The van der Waals surface area contributed by atoms with Crippen molar-refractivity contribution in [2.24, 2.45) is 5.92 Å². The van der Waals surface area contributed by atoms with Gasteiger partial charge in [0.05, 0.1) is 10.6 Å². The first-order valence-electron chi connectivity index (χ1n) is 8.05. The highest BCUT2D eigenvalue weighted by Crippen LogP contribution is 2.26. The third-order valence-electron chi connectivity index (χ3n) is 4.25. The average molecular weight is 339 g/mol. The van der Waals surface area contributed by atoms with Crippen molar-refractivity contribution in [3.05, 3.63) is 28.8 Å². The van der Waals surface area contributed by atoms with E-state index >= 15 is 0 Å². The van der Waals surface area contributed by atoms with E-state index in [1.807, 2.05) is 6.92 Å². The molecule has 1 aliphatic heterocycles. The molecular formula is C17H23ClN2O3. The fourth-order valence-electron chi connectivity index (χ4n) is 2.74. The molecule has 6 heteroatoms. The first kappa shape index (κ1) is 17.8. The lowest BCUT2D eigenvalue weighted by Gasteiger charge is -2.18. The second kappa shape index (κ2) is 8.31. The molecule has 2 rings (SSSR count). The smallest absolute Gasteiger partial charge is 0.252 e. The molecule has 1 unspecified atom stereocenters. The fraction of sp³-hybridized carbons (Fsp3) is 0.529. The van der Waals surface area contributed by atoms with Gasteiger partial charge in [-0.25, -0.2) is 0 Å². The first-order chi connectivity index (χ1) is 11.1. The van der Waals surface area contributed by atoms with Crippen LogP contribution < -0.4 is 10.2 Å². The Morgan fingerprint density at radius 1 is 1.48 bits per heavy atom. The number of carbonyl (C=O) groups excluding carboxylic acids is 2. The summed E-state index contributed by atoms with van der Waals surface area (Å²) in [7, 11) is 0. The highest BCUT2D eigenvalue weighted by molar-refractivity contribution is 6.34. The molecule has 0 bridgehead atoms. The van der Waals surface area contributed by atoms with Crippen molar-refractivity contribution in [3.63, 3.8) is 0 Å². The van der Waals surface area contributed by atoms with Gasteiger partial charge in [0.25, 0.3) is 5.91 Å². The van der Waals surface area contributed by atoms with Gasteiger partial charge in [-0.3, -0.25) is 9.59 Å². The molecule has 0 saturated carbocycles. The molecule has 0 radical (unpaired) electrons. The topological polar surface area (TPSA) is 69.6 Å². The minimum atomic E-state index is -0.250. The van der Waals surface area contributed by atoms with E-state index in [4.69, 9.17) is 16.7 Å². The molecule has 1 fully saturated rings. The summed E-state index contributed by atoms with van der Waals surface area (Å²) >= 11 is 6.14. The Balaban J connectivity index is 2.08. The Morgan fingerprint density at radius 3 is 2.87 bits per heavy atom. The van der Waals surface area contributed by atoms with E-state index in [9.17, 15) is 9.59 Å². The number of benzene rings is 1. The molecule has 0 aliphatic carbocycles. The molecule has 1 heterocycles. The SMILES string of the molecule is CCC(CCO)CNC(=O)c1cc(N2CCCC2=O)ccc1Cl. The second-order valence-corrected chi connectivity index (χ2v) is 6.22. The molecular weight excluding hydrogens is 316 g/mol. The summed E-state index contributed by atoms with van der Waals surface area (Å²) in [5.41, 5.74) is 1.09. The minimum absolute atomic E-state index is 0.0765. The Hall–Kier alpha value is -1.59. The molecule has 23 heavy (non-hydrogen) atoms. The second-order valence-electron chi connectivity index (χ2n) is 5.81. The highest BCUT2D eigenvalue weighted by Gasteiger charge is 2.23.